The van der Waals surface area contributed by atoms with Crippen LogP contribution in [0.2, 0.25) is 0 Å². The molecule has 0 spiro atoms. The number of likely N-dealkylation sites (N-methyl/N-ethyl adjacent to an activating group) is 1. The van der Waals surface area contributed by atoms with Crippen molar-refractivity contribution >= 4 is 0 Å². The Bertz CT molecular complexity index is 275. The lowest BCUT2D eigenvalue weighted by atomic mass is 10.1. The van der Waals surface area contributed by atoms with Crippen molar-refractivity contribution in [3.05, 3.63) is 24.0 Å². The summed E-state index contributed by atoms with van der Waals surface area (Å²) < 4.78 is 0. The van der Waals surface area contributed by atoms with Crippen LogP contribution in [0.15, 0.2) is 18.3 Å². The maximum atomic E-state index is 3.54. The van der Waals surface area contributed by atoms with Gasteiger partial charge in [0.2, 0.25) is 0 Å². The van der Waals surface area contributed by atoms with E-state index in [9.17, 15) is 0 Å². The first-order valence-corrected chi connectivity index (χ1v) is 5.84. The van der Waals surface area contributed by atoms with Gasteiger partial charge < -0.3 is 10.3 Å². The number of nitrogens with one attached hydrogen (secondary N) is 2. The Balaban J connectivity index is 1.87. The van der Waals surface area contributed by atoms with Crippen molar-refractivity contribution in [2.75, 3.05) is 20.1 Å². The van der Waals surface area contributed by atoms with E-state index in [1.807, 2.05) is 6.20 Å². The SMILES string of the molecule is C[C@@H](c1ccc[nH]1)N(C)C[C@@H]1CCCN1. The van der Waals surface area contributed by atoms with Crippen LogP contribution in [0.3, 0.4) is 0 Å². The number of aromatic nitrogens is 1. The molecule has 0 aliphatic carbocycles. The highest BCUT2D eigenvalue weighted by Crippen LogP contribution is 2.18. The standard InChI is InChI=1S/C12H21N3/c1-10(12-6-4-8-14-12)15(2)9-11-5-3-7-13-11/h4,6,8,10-11,13-14H,3,5,7,9H2,1-2H3/t10-,11-/m0/s1. The van der Waals surface area contributed by atoms with Crippen molar-refractivity contribution in [3.63, 3.8) is 0 Å². The molecule has 2 rings (SSSR count). The van der Waals surface area contributed by atoms with E-state index in [-0.39, 0.29) is 0 Å². The van der Waals surface area contributed by atoms with Crippen molar-refractivity contribution < 1.29 is 0 Å². The predicted molar refractivity (Wildman–Crippen MR) is 62.9 cm³/mol. The first kappa shape index (κ1) is 10.7. The number of hydrogen-bond donors (Lipinski definition) is 2. The molecule has 0 bridgehead atoms. The molecule has 0 saturated carbocycles. The molecule has 2 N–H and O–H groups in total. The number of hydrogen-bond acceptors (Lipinski definition) is 2. The van der Waals surface area contributed by atoms with E-state index in [0.717, 1.165) is 6.54 Å². The van der Waals surface area contributed by atoms with E-state index < -0.39 is 0 Å². The van der Waals surface area contributed by atoms with Gasteiger partial charge in [-0.05, 0) is 45.5 Å². The molecule has 2 heterocycles. The Morgan fingerprint density at radius 1 is 1.60 bits per heavy atom. The van der Waals surface area contributed by atoms with Crippen LogP contribution in [-0.2, 0) is 0 Å². The zero-order chi connectivity index (χ0) is 10.7. The summed E-state index contributed by atoms with van der Waals surface area (Å²) in [6.07, 6.45) is 4.64. The molecular weight excluding hydrogens is 186 g/mol. The van der Waals surface area contributed by atoms with Gasteiger partial charge in [-0.3, -0.25) is 4.90 Å². The van der Waals surface area contributed by atoms with E-state index in [1.165, 1.54) is 25.1 Å². The average Bonchev–Trinajstić information content (AvgIpc) is 2.88. The Labute approximate surface area is 91.9 Å². The van der Waals surface area contributed by atoms with Gasteiger partial charge in [0, 0.05) is 30.5 Å². The largest absolute Gasteiger partial charge is 0.364 e. The van der Waals surface area contributed by atoms with E-state index in [1.54, 1.807) is 0 Å². The maximum absolute atomic E-state index is 3.54. The third-order valence-electron chi connectivity index (χ3n) is 3.40. The highest BCUT2D eigenvalue weighted by Gasteiger charge is 2.19. The molecule has 0 unspecified atom stereocenters. The van der Waals surface area contributed by atoms with E-state index >= 15 is 0 Å². The zero-order valence-electron chi connectivity index (χ0n) is 9.66. The minimum Gasteiger partial charge on any atom is -0.364 e. The Morgan fingerprint density at radius 2 is 2.47 bits per heavy atom. The van der Waals surface area contributed by atoms with E-state index in [2.05, 4.69) is 41.3 Å². The molecule has 0 radical (unpaired) electrons. The molecule has 1 aliphatic rings. The fourth-order valence-electron chi connectivity index (χ4n) is 2.26. The lowest BCUT2D eigenvalue weighted by Crippen LogP contribution is -2.36. The molecule has 1 aromatic rings. The smallest absolute Gasteiger partial charge is 0.0467 e. The molecule has 1 fully saturated rings. The second-order valence-electron chi connectivity index (χ2n) is 4.53. The van der Waals surface area contributed by atoms with Crippen molar-refractivity contribution in [2.24, 2.45) is 0 Å². The summed E-state index contributed by atoms with van der Waals surface area (Å²) >= 11 is 0. The van der Waals surface area contributed by atoms with Crippen LogP contribution in [0.4, 0.5) is 0 Å². The van der Waals surface area contributed by atoms with Gasteiger partial charge in [-0.25, -0.2) is 0 Å². The molecule has 84 valence electrons. The highest BCUT2D eigenvalue weighted by molar-refractivity contribution is 5.08. The average molecular weight is 207 g/mol. The first-order valence-electron chi connectivity index (χ1n) is 5.84. The molecule has 1 saturated heterocycles. The Kier molecular flexibility index (Phi) is 3.44. The summed E-state index contributed by atoms with van der Waals surface area (Å²) in [4.78, 5) is 5.69. The lowest BCUT2D eigenvalue weighted by Gasteiger charge is -2.26. The van der Waals surface area contributed by atoms with Gasteiger partial charge in [-0.15, -0.1) is 0 Å². The summed E-state index contributed by atoms with van der Waals surface area (Å²) in [7, 11) is 2.20. The third kappa shape index (κ3) is 2.61. The van der Waals surface area contributed by atoms with Crippen LogP contribution in [0, 0.1) is 0 Å². The predicted octanol–water partition coefficient (Wildman–Crippen LogP) is 1.76. The normalized spacial score (nSPS) is 23.5. The molecule has 1 aliphatic heterocycles. The molecule has 3 heteroatoms. The number of H-pyrrole nitrogens is 1. The zero-order valence-corrected chi connectivity index (χ0v) is 9.66. The number of rotatable bonds is 4. The van der Waals surface area contributed by atoms with Crippen molar-refractivity contribution in [3.8, 4) is 0 Å². The minimum absolute atomic E-state index is 0.474. The summed E-state index contributed by atoms with van der Waals surface area (Å²) in [5.74, 6) is 0. The van der Waals surface area contributed by atoms with Crippen molar-refractivity contribution in [1.82, 2.24) is 15.2 Å². The first-order chi connectivity index (χ1) is 7.27. The van der Waals surface area contributed by atoms with Crippen LogP contribution >= 0.6 is 0 Å². The van der Waals surface area contributed by atoms with Gasteiger partial charge in [-0.2, -0.15) is 0 Å². The Hall–Kier alpha value is -0.800. The van der Waals surface area contributed by atoms with Crippen molar-refractivity contribution in [1.29, 1.82) is 0 Å². The Morgan fingerprint density at radius 3 is 3.07 bits per heavy atom. The third-order valence-corrected chi connectivity index (χ3v) is 3.40. The molecule has 2 atom stereocenters. The molecule has 0 aromatic carbocycles. The van der Waals surface area contributed by atoms with Gasteiger partial charge in [0.15, 0.2) is 0 Å². The number of aromatic amines is 1. The van der Waals surface area contributed by atoms with E-state index in [4.69, 9.17) is 0 Å². The highest BCUT2D eigenvalue weighted by atomic mass is 15.2. The van der Waals surface area contributed by atoms with Gasteiger partial charge in [0.1, 0.15) is 0 Å². The van der Waals surface area contributed by atoms with Crippen LogP contribution in [0.25, 0.3) is 0 Å². The topological polar surface area (TPSA) is 31.1 Å². The molecule has 0 amide bonds. The van der Waals surface area contributed by atoms with Crippen LogP contribution in [0.5, 0.6) is 0 Å². The van der Waals surface area contributed by atoms with Gasteiger partial charge >= 0.3 is 0 Å². The molecule has 3 nitrogen and oxygen atoms in total. The summed E-state index contributed by atoms with van der Waals surface area (Å²) in [6.45, 7) is 4.58. The molecule has 15 heavy (non-hydrogen) atoms. The fraction of sp³-hybridized carbons (Fsp3) is 0.667. The monoisotopic (exact) mass is 207 g/mol. The molecule has 1 aromatic heterocycles. The quantitative estimate of drug-likeness (QED) is 0.788. The second-order valence-corrected chi connectivity index (χ2v) is 4.53. The maximum Gasteiger partial charge on any atom is 0.0467 e. The van der Waals surface area contributed by atoms with Crippen LogP contribution in [0.1, 0.15) is 31.5 Å². The van der Waals surface area contributed by atoms with Crippen LogP contribution < -0.4 is 5.32 Å². The van der Waals surface area contributed by atoms with Gasteiger partial charge in [0.25, 0.3) is 0 Å². The lowest BCUT2D eigenvalue weighted by molar-refractivity contribution is 0.235. The summed E-state index contributed by atoms with van der Waals surface area (Å²) in [5.41, 5.74) is 1.30. The summed E-state index contributed by atoms with van der Waals surface area (Å²) in [6, 6.07) is 5.38. The summed E-state index contributed by atoms with van der Waals surface area (Å²) in [5, 5.41) is 3.54. The second kappa shape index (κ2) is 4.81. The van der Waals surface area contributed by atoms with Crippen LogP contribution in [-0.4, -0.2) is 36.1 Å². The fourth-order valence-corrected chi connectivity index (χ4v) is 2.26. The molecular formula is C12H21N3. The van der Waals surface area contributed by atoms with Gasteiger partial charge in [0.05, 0.1) is 0 Å². The number of nitrogens with zero attached hydrogens (tertiary/aromatic N) is 1. The van der Waals surface area contributed by atoms with E-state index in [0.29, 0.717) is 12.1 Å². The van der Waals surface area contributed by atoms with Gasteiger partial charge in [-0.1, -0.05) is 0 Å². The minimum atomic E-state index is 0.474. The van der Waals surface area contributed by atoms with Crippen molar-refractivity contribution in [2.45, 2.75) is 31.8 Å².